The molecule has 0 unspecified atom stereocenters. The molecule has 0 amide bonds. The van der Waals surface area contributed by atoms with E-state index in [4.69, 9.17) is 20.3 Å². The first kappa shape index (κ1) is 14.9. The number of aliphatic hydroxyl groups is 1. The molecule has 0 aliphatic rings. The fraction of sp³-hybridized carbons (Fsp3) is 0.188. The lowest BCUT2D eigenvalue weighted by atomic mass is 10.1. The lowest BCUT2D eigenvalue weighted by Gasteiger charge is -2.08. The lowest BCUT2D eigenvalue weighted by molar-refractivity contribution is 0.0472. The number of carbonyl (C=O) groups excluding carboxylic acids is 1. The Kier molecular flexibility index (Phi) is 4.79. The molecule has 0 saturated carbocycles. The highest BCUT2D eigenvalue weighted by atomic mass is 16.5. The second-order valence-electron chi connectivity index (χ2n) is 4.51. The van der Waals surface area contributed by atoms with Crippen LogP contribution in [-0.4, -0.2) is 18.2 Å². The maximum atomic E-state index is 12.0. The van der Waals surface area contributed by atoms with Gasteiger partial charge in [0, 0.05) is 0 Å². The molecule has 0 aromatic heterocycles. The molecule has 21 heavy (non-hydrogen) atoms. The summed E-state index contributed by atoms with van der Waals surface area (Å²) in [7, 11) is 1.49. The van der Waals surface area contributed by atoms with E-state index >= 15 is 0 Å². The van der Waals surface area contributed by atoms with Crippen LogP contribution in [0.5, 0.6) is 5.75 Å². The summed E-state index contributed by atoms with van der Waals surface area (Å²) in [5.41, 5.74) is 8.21. The zero-order valence-electron chi connectivity index (χ0n) is 11.7. The highest BCUT2D eigenvalue weighted by Crippen LogP contribution is 2.22. The van der Waals surface area contributed by atoms with Crippen LogP contribution in [-0.2, 0) is 18.0 Å². The fourth-order valence-corrected chi connectivity index (χ4v) is 1.81. The van der Waals surface area contributed by atoms with Crippen molar-refractivity contribution in [2.75, 3.05) is 12.8 Å². The van der Waals surface area contributed by atoms with Crippen LogP contribution in [0.3, 0.4) is 0 Å². The van der Waals surface area contributed by atoms with Gasteiger partial charge < -0.3 is 20.3 Å². The molecule has 5 nitrogen and oxygen atoms in total. The number of methoxy groups -OCH3 is 1. The van der Waals surface area contributed by atoms with E-state index in [1.54, 1.807) is 30.3 Å². The van der Waals surface area contributed by atoms with Crippen LogP contribution < -0.4 is 10.5 Å². The van der Waals surface area contributed by atoms with Gasteiger partial charge in [0.2, 0.25) is 0 Å². The number of ether oxygens (including phenoxy) is 2. The van der Waals surface area contributed by atoms with E-state index in [0.717, 1.165) is 11.1 Å². The van der Waals surface area contributed by atoms with E-state index in [2.05, 4.69) is 0 Å². The number of esters is 1. The van der Waals surface area contributed by atoms with Gasteiger partial charge in [-0.2, -0.15) is 0 Å². The molecule has 2 aromatic rings. The normalized spacial score (nSPS) is 10.2. The standard InChI is InChI=1S/C16H17NO4/c1-20-15-8-13(6-7-14(15)17)16(19)21-10-12-4-2-11(9-18)3-5-12/h2-8,18H,9-10,17H2,1H3. The summed E-state index contributed by atoms with van der Waals surface area (Å²) >= 11 is 0. The van der Waals surface area contributed by atoms with E-state index < -0.39 is 5.97 Å². The SMILES string of the molecule is COc1cc(C(=O)OCc2ccc(CO)cc2)ccc1N. The van der Waals surface area contributed by atoms with Crippen LogP contribution in [0.25, 0.3) is 0 Å². The number of hydrogen-bond acceptors (Lipinski definition) is 5. The molecule has 0 saturated heterocycles. The highest BCUT2D eigenvalue weighted by molar-refractivity contribution is 5.90. The topological polar surface area (TPSA) is 81.8 Å². The smallest absolute Gasteiger partial charge is 0.338 e. The van der Waals surface area contributed by atoms with E-state index in [1.165, 1.54) is 7.11 Å². The maximum Gasteiger partial charge on any atom is 0.338 e. The molecule has 0 heterocycles. The van der Waals surface area contributed by atoms with Crippen LogP contribution in [0, 0.1) is 0 Å². The van der Waals surface area contributed by atoms with E-state index in [9.17, 15) is 4.79 Å². The maximum absolute atomic E-state index is 12.0. The Bertz CT molecular complexity index is 623. The van der Waals surface area contributed by atoms with Crippen molar-refractivity contribution in [1.82, 2.24) is 0 Å². The molecule has 2 rings (SSSR count). The van der Waals surface area contributed by atoms with Gasteiger partial charge in [-0.15, -0.1) is 0 Å². The zero-order valence-corrected chi connectivity index (χ0v) is 11.7. The van der Waals surface area contributed by atoms with Gasteiger partial charge in [-0.1, -0.05) is 24.3 Å². The van der Waals surface area contributed by atoms with Crippen molar-refractivity contribution < 1.29 is 19.4 Å². The predicted octanol–water partition coefficient (Wildman–Crippen LogP) is 2.13. The summed E-state index contributed by atoms with van der Waals surface area (Å²) in [5, 5.41) is 8.96. The van der Waals surface area contributed by atoms with Crippen molar-refractivity contribution in [1.29, 1.82) is 0 Å². The van der Waals surface area contributed by atoms with Crippen molar-refractivity contribution in [3.63, 3.8) is 0 Å². The Morgan fingerprint density at radius 2 is 1.81 bits per heavy atom. The fourth-order valence-electron chi connectivity index (χ4n) is 1.81. The number of carbonyl (C=O) groups is 1. The summed E-state index contributed by atoms with van der Waals surface area (Å²) in [6.45, 7) is 0.155. The van der Waals surface area contributed by atoms with Crippen molar-refractivity contribution in [2.24, 2.45) is 0 Å². The lowest BCUT2D eigenvalue weighted by Crippen LogP contribution is -2.06. The largest absolute Gasteiger partial charge is 0.495 e. The molecule has 3 N–H and O–H groups in total. The molecular formula is C16H17NO4. The van der Waals surface area contributed by atoms with Gasteiger partial charge in [0.15, 0.2) is 0 Å². The average Bonchev–Trinajstić information content (AvgIpc) is 2.53. The number of anilines is 1. The number of nitrogen functional groups attached to an aromatic ring is 1. The monoisotopic (exact) mass is 287 g/mol. The van der Waals surface area contributed by atoms with Gasteiger partial charge in [0.05, 0.1) is 25.0 Å². The third-order valence-corrected chi connectivity index (χ3v) is 3.04. The van der Waals surface area contributed by atoms with E-state index in [1.807, 2.05) is 12.1 Å². The number of nitrogens with two attached hydrogens (primary N) is 1. The molecule has 0 spiro atoms. The van der Waals surface area contributed by atoms with Gasteiger partial charge in [-0.25, -0.2) is 4.79 Å². The van der Waals surface area contributed by atoms with Gasteiger partial charge in [0.25, 0.3) is 0 Å². The highest BCUT2D eigenvalue weighted by Gasteiger charge is 2.10. The molecular weight excluding hydrogens is 270 g/mol. The van der Waals surface area contributed by atoms with Gasteiger partial charge in [-0.05, 0) is 29.3 Å². The Morgan fingerprint density at radius 3 is 2.43 bits per heavy atom. The van der Waals surface area contributed by atoms with E-state index in [-0.39, 0.29) is 13.2 Å². The van der Waals surface area contributed by atoms with Crippen LogP contribution in [0.2, 0.25) is 0 Å². The second kappa shape index (κ2) is 6.76. The van der Waals surface area contributed by atoms with E-state index in [0.29, 0.717) is 17.0 Å². The first-order chi connectivity index (χ1) is 10.1. The number of benzene rings is 2. The Balaban J connectivity index is 2.00. The summed E-state index contributed by atoms with van der Waals surface area (Å²) in [4.78, 5) is 12.0. The quantitative estimate of drug-likeness (QED) is 0.650. The van der Waals surface area contributed by atoms with Crippen molar-refractivity contribution in [3.8, 4) is 5.75 Å². The van der Waals surface area contributed by atoms with Crippen LogP contribution in [0.1, 0.15) is 21.5 Å². The Morgan fingerprint density at radius 1 is 1.14 bits per heavy atom. The van der Waals surface area contributed by atoms with Crippen molar-refractivity contribution in [3.05, 3.63) is 59.2 Å². The molecule has 0 bridgehead atoms. The minimum absolute atomic E-state index is 0.00863. The first-order valence-corrected chi connectivity index (χ1v) is 6.43. The van der Waals surface area contributed by atoms with Crippen LogP contribution in [0.15, 0.2) is 42.5 Å². The molecule has 0 aliphatic heterocycles. The summed E-state index contributed by atoms with van der Waals surface area (Å²) in [6.07, 6.45) is 0. The zero-order chi connectivity index (χ0) is 15.2. The van der Waals surface area contributed by atoms with Gasteiger partial charge >= 0.3 is 5.97 Å². The van der Waals surface area contributed by atoms with Gasteiger partial charge in [0.1, 0.15) is 12.4 Å². The van der Waals surface area contributed by atoms with Crippen LogP contribution >= 0.6 is 0 Å². The second-order valence-corrected chi connectivity index (χ2v) is 4.51. The molecule has 2 aromatic carbocycles. The van der Waals surface area contributed by atoms with Crippen LogP contribution in [0.4, 0.5) is 5.69 Å². The number of hydrogen-bond donors (Lipinski definition) is 2. The Hall–Kier alpha value is -2.53. The third-order valence-electron chi connectivity index (χ3n) is 3.04. The summed E-state index contributed by atoms with van der Waals surface area (Å²) in [6, 6.07) is 11.9. The molecule has 110 valence electrons. The minimum Gasteiger partial charge on any atom is -0.495 e. The number of aliphatic hydroxyl groups excluding tert-OH is 1. The molecule has 0 atom stereocenters. The Labute approximate surface area is 122 Å². The average molecular weight is 287 g/mol. The molecule has 0 fully saturated rings. The van der Waals surface area contributed by atoms with Crippen molar-refractivity contribution in [2.45, 2.75) is 13.2 Å². The molecule has 0 aliphatic carbocycles. The summed E-state index contributed by atoms with van der Waals surface area (Å²) < 4.78 is 10.3. The van der Waals surface area contributed by atoms with Gasteiger partial charge in [-0.3, -0.25) is 0 Å². The molecule has 5 heteroatoms. The minimum atomic E-state index is -0.445. The first-order valence-electron chi connectivity index (χ1n) is 6.43. The predicted molar refractivity (Wildman–Crippen MR) is 78.9 cm³/mol. The molecule has 0 radical (unpaired) electrons. The van der Waals surface area contributed by atoms with Crippen molar-refractivity contribution >= 4 is 11.7 Å². The third kappa shape index (κ3) is 3.73. The number of rotatable bonds is 5. The summed E-state index contributed by atoms with van der Waals surface area (Å²) in [5.74, 6) is -0.00344.